The van der Waals surface area contributed by atoms with Crippen molar-refractivity contribution >= 4 is 5.97 Å². The molecule has 4 nitrogen and oxygen atoms in total. The summed E-state index contributed by atoms with van der Waals surface area (Å²) in [7, 11) is 1.38. The maximum atomic E-state index is 11.9. The van der Waals surface area contributed by atoms with Crippen LogP contribution < -0.4 is 9.47 Å². The molecular weight excluding hydrogens is 568 g/mol. The number of esters is 1. The number of benzene rings is 6. The lowest BCUT2D eigenvalue weighted by molar-refractivity contribution is 0.0600. The molecule has 4 heteroatoms. The van der Waals surface area contributed by atoms with Crippen LogP contribution in [0.3, 0.4) is 0 Å². The Hall–Kier alpha value is -5.61. The Labute approximate surface area is 270 Å². The second kappa shape index (κ2) is 14.0. The summed E-state index contributed by atoms with van der Waals surface area (Å²) in [5.74, 6) is 0.946. The maximum absolute atomic E-state index is 11.9. The van der Waals surface area contributed by atoms with E-state index in [2.05, 4.69) is 111 Å². The van der Waals surface area contributed by atoms with E-state index in [1.54, 1.807) is 12.1 Å². The van der Waals surface area contributed by atoms with Gasteiger partial charge in [-0.25, -0.2) is 4.79 Å². The van der Waals surface area contributed by atoms with Gasteiger partial charge in [0, 0.05) is 0 Å². The monoisotopic (exact) mass is 604 g/mol. The number of hydrogen-bond donors (Lipinski definition) is 0. The normalized spacial score (nSPS) is 10.8. The molecule has 0 bridgehead atoms. The number of aryl methyl sites for hydroxylation is 2. The first-order valence-electron chi connectivity index (χ1n) is 15.4. The van der Waals surface area contributed by atoms with Crippen LogP contribution in [0.4, 0.5) is 0 Å². The number of rotatable bonds is 10. The van der Waals surface area contributed by atoms with Crippen molar-refractivity contribution < 1.29 is 19.0 Å². The Morgan fingerprint density at radius 2 is 0.826 bits per heavy atom. The third kappa shape index (κ3) is 7.36. The molecule has 6 rings (SSSR count). The zero-order valence-electron chi connectivity index (χ0n) is 26.3. The molecule has 46 heavy (non-hydrogen) atoms. The van der Waals surface area contributed by atoms with E-state index >= 15 is 0 Å². The Balaban J connectivity index is 1.20. The Bertz CT molecular complexity index is 1900. The van der Waals surface area contributed by atoms with Crippen LogP contribution in [0.2, 0.25) is 0 Å². The van der Waals surface area contributed by atoms with Crippen molar-refractivity contribution in [2.24, 2.45) is 0 Å². The van der Waals surface area contributed by atoms with Gasteiger partial charge in [-0.3, -0.25) is 0 Å². The summed E-state index contributed by atoms with van der Waals surface area (Å²) >= 11 is 0. The summed E-state index contributed by atoms with van der Waals surface area (Å²) < 4.78 is 17.6. The molecule has 0 spiro atoms. The fraction of sp³-hybridized carbons (Fsp3) is 0.119. The first kappa shape index (κ1) is 30.4. The number of carbonyl (C=O) groups excluding carboxylic acids is 1. The van der Waals surface area contributed by atoms with Crippen molar-refractivity contribution in [1.29, 1.82) is 0 Å². The second-order valence-electron chi connectivity index (χ2n) is 11.4. The number of methoxy groups -OCH3 is 1. The molecule has 0 saturated carbocycles. The minimum absolute atomic E-state index is 0.361. The van der Waals surface area contributed by atoms with E-state index in [0.717, 1.165) is 22.3 Å². The molecule has 0 N–H and O–H groups in total. The van der Waals surface area contributed by atoms with Crippen molar-refractivity contribution in [3.05, 3.63) is 167 Å². The number of ether oxygens (including phenoxy) is 3. The van der Waals surface area contributed by atoms with Crippen molar-refractivity contribution in [2.75, 3.05) is 7.11 Å². The lowest BCUT2D eigenvalue weighted by Gasteiger charge is -2.15. The third-order valence-corrected chi connectivity index (χ3v) is 8.05. The minimum Gasteiger partial charge on any atom is -0.485 e. The van der Waals surface area contributed by atoms with Crippen LogP contribution in [-0.2, 0) is 18.0 Å². The molecule has 0 aliphatic carbocycles. The van der Waals surface area contributed by atoms with Gasteiger partial charge < -0.3 is 14.2 Å². The summed E-state index contributed by atoms with van der Waals surface area (Å²) in [6.07, 6.45) is 0. The molecule has 228 valence electrons. The average molecular weight is 605 g/mol. The Morgan fingerprint density at radius 3 is 1.28 bits per heavy atom. The zero-order chi connectivity index (χ0) is 31.9. The molecule has 0 amide bonds. The van der Waals surface area contributed by atoms with E-state index in [1.807, 2.05) is 30.3 Å². The predicted molar refractivity (Wildman–Crippen MR) is 185 cm³/mol. The number of hydrogen-bond acceptors (Lipinski definition) is 4. The second-order valence-corrected chi connectivity index (χ2v) is 11.4. The van der Waals surface area contributed by atoms with Gasteiger partial charge in [0.25, 0.3) is 0 Å². The summed E-state index contributed by atoms with van der Waals surface area (Å²) in [4.78, 5) is 11.9. The Morgan fingerprint density at radius 1 is 0.457 bits per heavy atom. The molecule has 6 aromatic carbocycles. The molecule has 0 unspecified atom stereocenters. The van der Waals surface area contributed by atoms with Gasteiger partial charge in [0.2, 0.25) is 0 Å². The average Bonchev–Trinajstić information content (AvgIpc) is 3.11. The van der Waals surface area contributed by atoms with Crippen LogP contribution in [0.15, 0.2) is 140 Å². The van der Waals surface area contributed by atoms with Gasteiger partial charge in [-0.05, 0) is 82.6 Å². The quantitative estimate of drug-likeness (QED) is 0.146. The molecular formula is C42H36O4. The van der Waals surface area contributed by atoms with E-state index in [0.29, 0.717) is 30.3 Å². The Kier molecular flexibility index (Phi) is 9.26. The topological polar surface area (TPSA) is 44.8 Å². The zero-order valence-corrected chi connectivity index (χ0v) is 26.3. The van der Waals surface area contributed by atoms with E-state index in [-0.39, 0.29) is 5.97 Å². The van der Waals surface area contributed by atoms with Crippen LogP contribution in [-0.4, -0.2) is 13.1 Å². The van der Waals surface area contributed by atoms with Gasteiger partial charge in [0.15, 0.2) is 11.5 Å². The van der Waals surface area contributed by atoms with E-state index in [4.69, 9.17) is 14.2 Å². The smallest absolute Gasteiger partial charge is 0.337 e. The fourth-order valence-corrected chi connectivity index (χ4v) is 5.24. The predicted octanol–water partition coefficient (Wildman–Crippen LogP) is 10.2. The summed E-state index contributed by atoms with van der Waals surface area (Å²) in [6.45, 7) is 4.98. The molecule has 0 saturated heterocycles. The van der Waals surface area contributed by atoms with Gasteiger partial charge in [-0.1, -0.05) is 126 Å². The fourth-order valence-electron chi connectivity index (χ4n) is 5.24. The number of carbonyl (C=O) groups is 1. The summed E-state index contributed by atoms with van der Waals surface area (Å²) in [6, 6.07) is 47.3. The van der Waals surface area contributed by atoms with Gasteiger partial charge in [0.1, 0.15) is 13.2 Å². The summed E-state index contributed by atoms with van der Waals surface area (Å²) in [5, 5.41) is 0. The van der Waals surface area contributed by atoms with Gasteiger partial charge in [0.05, 0.1) is 12.7 Å². The maximum Gasteiger partial charge on any atom is 0.337 e. The van der Waals surface area contributed by atoms with E-state index < -0.39 is 0 Å². The molecule has 0 heterocycles. The SMILES string of the molecule is COC(=O)c1ccc(-c2ccc(OCc3ccc(-c4ccc(C)cc4)cc3)c(OCc3ccc(-c4ccc(C)cc4)cc3)c2)cc1. The van der Waals surface area contributed by atoms with Crippen LogP contribution in [0.25, 0.3) is 33.4 Å². The largest absolute Gasteiger partial charge is 0.485 e. The molecule has 0 aliphatic rings. The molecule has 0 aliphatic heterocycles. The lowest BCUT2D eigenvalue weighted by Crippen LogP contribution is -2.01. The van der Waals surface area contributed by atoms with Crippen LogP contribution in [0.5, 0.6) is 11.5 Å². The molecule has 0 fully saturated rings. The standard InChI is InChI=1S/C42H36O4/c1-29-4-12-33(13-5-29)35-16-8-31(9-17-35)27-45-40-25-24-39(37-20-22-38(23-21-37)42(43)44-3)26-41(40)46-28-32-10-18-36(19-11-32)34-14-6-30(2)7-15-34/h4-26H,27-28H2,1-3H3. The van der Waals surface area contributed by atoms with Crippen LogP contribution in [0.1, 0.15) is 32.6 Å². The van der Waals surface area contributed by atoms with Crippen molar-refractivity contribution in [2.45, 2.75) is 27.1 Å². The van der Waals surface area contributed by atoms with E-state index in [9.17, 15) is 4.79 Å². The molecule has 0 atom stereocenters. The highest BCUT2D eigenvalue weighted by Crippen LogP contribution is 2.34. The lowest BCUT2D eigenvalue weighted by atomic mass is 10.0. The molecule has 0 radical (unpaired) electrons. The van der Waals surface area contributed by atoms with Crippen molar-refractivity contribution in [1.82, 2.24) is 0 Å². The highest BCUT2D eigenvalue weighted by molar-refractivity contribution is 5.90. The van der Waals surface area contributed by atoms with Crippen LogP contribution >= 0.6 is 0 Å². The van der Waals surface area contributed by atoms with Gasteiger partial charge in [-0.2, -0.15) is 0 Å². The van der Waals surface area contributed by atoms with Gasteiger partial charge in [-0.15, -0.1) is 0 Å². The highest BCUT2D eigenvalue weighted by Gasteiger charge is 2.12. The summed E-state index contributed by atoms with van der Waals surface area (Å²) in [5.41, 5.74) is 11.7. The van der Waals surface area contributed by atoms with E-state index in [1.165, 1.54) is 40.5 Å². The molecule has 0 aromatic heterocycles. The third-order valence-electron chi connectivity index (χ3n) is 8.05. The molecule has 6 aromatic rings. The van der Waals surface area contributed by atoms with Crippen molar-refractivity contribution in [3.8, 4) is 44.9 Å². The van der Waals surface area contributed by atoms with Gasteiger partial charge >= 0.3 is 5.97 Å². The van der Waals surface area contributed by atoms with Crippen LogP contribution in [0, 0.1) is 13.8 Å². The first-order valence-corrected chi connectivity index (χ1v) is 15.4. The first-order chi connectivity index (χ1) is 22.4. The minimum atomic E-state index is -0.361. The highest BCUT2D eigenvalue weighted by atomic mass is 16.5. The van der Waals surface area contributed by atoms with Crippen molar-refractivity contribution in [3.63, 3.8) is 0 Å².